The number of anilines is 1. The van der Waals surface area contributed by atoms with E-state index >= 15 is 0 Å². The molecule has 0 saturated carbocycles. The number of sulfonamides is 1. The van der Waals surface area contributed by atoms with Crippen LogP contribution >= 0.6 is 0 Å². The Morgan fingerprint density at radius 2 is 1.78 bits per heavy atom. The Bertz CT molecular complexity index is 958. The molecule has 2 aromatic rings. The van der Waals surface area contributed by atoms with Crippen molar-refractivity contribution in [2.24, 2.45) is 0 Å². The second-order valence-electron chi connectivity index (χ2n) is 5.58. The van der Waals surface area contributed by atoms with Gasteiger partial charge in [0.25, 0.3) is 0 Å². The molecule has 0 amide bonds. The van der Waals surface area contributed by atoms with Gasteiger partial charge < -0.3 is 4.74 Å². The second kappa shape index (κ2) is 7.55. The molecule has 0 heterocycles. The maximum absolute atomic E-state index is 14.3. The van der Waals surface area contributed by atoms with Crippen LogP contribution in [0.2, 0.25) is 0 Å². The van der Waals surface area contributed by atoms with Gasteiger partial charge in [0.05, 0.1) is 36.7 Å². The highest BCUT2D eigenvalue weighted by atomic mass is 32.2. The zero-order valence-corrected chi connectivity index (χ0v) is 15.1. The fourth-order valence-corrected chi connectivity index (χ4v) is 3.28. The number of esters is 1. The zero-order chi connectivity index (χ0) is 20.4. The van der Waals surface area contributed by atoms with Crippen molar-refractivity contribution in [1.82, 2.24) is 0 Å². The van der Waals surface area contributed by atoms with Crippen molar-refractivity contribution in [3.8, 4) is 0 Å². The molecule has 2 rings (SSSR count). The Morgan fingerprint density at radius 3 is 2.30 bits per heavy atom. The number of ether oxygens (including phenoxy) is 1. The van der Waals surface area contributed by atoms with Crippen molar-refractivity contribution in [2.75, 3.05) is 17.7 Å². The van der Waals surface area contributed by atoms with E-state index in [1.165, 1.54) is 12.1 Å². The lowest BCUT2D eigenvalue weighted by Crippen LogP contribution is -2.31. The van der Waals surface area contributed by atoms with Gasteiger partial charge in [-0.15, -0.1) is 0 Å². The minimum absolute atomic E-state index is 0.111. The summed E-state index contributed by atoms with van der Waals surface area (Å²) in [5, 5.41) is 0. The maximum Gasteiger partial charge on any atom is 0.418 e. The first kappa shape index (κ1) is 20.7. The minimum Gasteiger partial charge on any atom is -0.465 e. The molecule has 0 aliphatic carbocycles. The number of carbonyl (C=O) groups is 1. The summed E-state index contributed by atoms with van der Waals surface area (Å²) in [5.74, 6) is -1.75. The Labute approximate surface area is 153 Å². The summed E-state index contributed by atoms with van der Waals surface area (Å²) in [6, 6.07) is 7.25. The van der Waals surface area contributed by atoms with Crippen molar-refractivity contribution in [3.63, 3.8) is 0 Å². The summed E-state index contributed by atoms with van der Waals surface area (Å²) >= 11 is 0. The van der Waals surface area contributed by atoms with Crippen LogP contribution in [0, 0.1) is 5.82 Å². The third-order valence-electron chi connectivity index (χ3n) is 3.67. The molecule has 0 spiro atoms. The van der Waals surface area contributed by atoms with E-state index in [9.17, 15) is 30.8 Å². The zero-order valence-electron chi connectivity index (χ0n) is 14.2. The Morgan fingerprint density at radius 1 is 1.15 bits per heavy atom. The summed E-state index contributed by atoms with van der Waals surface area (Å²) < 4.78 is 83.2. The van der Waals surface area contributed by atoms with Crippen molar-refractivity contribution in [1.29, 1.82) is 0 Å². The molecular formula is C17H15F4NO4S. The van der Waals surface area contributed by atoms with Gasteiger partial charge in [-0.2, -0.15) is 13.2 Å². The summed E-state index contributed by atoms with van der Waals surface area (Å²) in [6.07, 6.45) is -4.08. The summed E-state index contributed by atoms with van der Waals surface area (Å²) in [5.41, 5.74) is -2.10. The van der Waals surface area contributed by atoms with Crippen molar-refractivity contribution in [2.45, 2.75) is 12.7 Å². The van der Waals surface area contributed by atoms with Crippen LogP contribution in [0.5, 0.6) is 0 Å². The van der Waals surface area contributed by atoms with Gasteiger partial charge in [-0.05, 0) is 24.3 Å². The van der Waals surface area contributed by atoms with Crippen LogP contribution in [0.3, 0.4) is 0 Å². The highest BCUT2D eigenvalue weighted by Crippen LogP contribution is 2.38. The molecule has 2 aromatic carbocycles. The molecule has 0 aliphatic heterocycles. The number of halogens is 4. The van der Waals surface area contributed by atoms with Crippen LogP contribution in [0.15, 0.2) is 42.5 Å². The van der Waals surface area contributed by atoms with E-state index in [1.54, 1.807) is 0 Å². The number of hydrogen-bond acceptors (Lipinski definition) is 4. The first-order valence-corrected chi connectivity index (χ1v) is 9.30. The van der Waals surface area contributed by atoms with Crippen LogP contribution in [-0.4, -0.2) is 27.8 Å². The van der Waals surface area contributed by atoms with Crippen LogP contribution in [0.25, 0.3) is 0 Å². The van der Waals surface area contributed by atoms with E-state index in [1.807, 2.05) is 0 Å². The minimum atomic E-state index is -4.80. The third kappa shape index (κ3) is 4.76. The highest BCUT2D eigenvalue weighted by molar-refractivity contribution is 7.92. The molecule has 0 saturated heterocycles. The fraction of sp³-hybridized carbons (Fsp3) is 0.235. The van der Waals surface area contributed by atoms with Crippen LogP contribution in [0.1, 0.15) is 21.5 Å². The molecule has 0 fully saturated rings. The average molecular weight is 405 g/mol. The quantitative estimate of drug-likeness (QED) is 0.563. The number of nitrogens with zero attached hydrogens (tertiary/aromatic N) is 1. The largest absolute Gasteiger partial charge is 0.465 e. The number of alkyl halides is 3. The fourth-order valence-electron chi connectivity index (χ4n) is 2.39. The summed E-state index contributed by atoms with van der Waals surface area (Å²) in [6.45, 7) is -0.681. The molecule has 10 heteroatoms. The second-order valence-corrected chi connectivity index (χ2v) is 7.49. The van der Waals surface area contributed by atoms with E-state index in [0.29, 0.717) is 4.31 Å². The first-order chi connectivity index (χ1) is 12.4. The summed E-state index contributed by atoms with van der Waals surface area (Å²) in [4.78, 5) is 11.4. The third-order valence-corrected chi connectivity index (χ3v) is 4.79. The normalized spacial score (nSPS) is 11.9. The van der Waals surface area contributed by atoms with Gasteiger partial charge in [0.1, 0.15) is 5.82 Å². The Hall–Kier alpha value is -2.62. The number of benzene rings is 2. The van der Waals surface area contributed by atoms with E-state index in [0.717, 1.165) is 43.7 Å². The van der Waals surface area contributed by atoms with Gasteiger partial charge in [0, 0.05) is 5.56 Å². The number of para-hydroxylation sites is 1. The predicted octanol–water partition coefficient (Wildman–Crippen LogP) is 3.60. The molecule has 0 N–H and O–H groups in total. The molecule has 27 heavy (non-hydrogen) atoms. The SMILES string of the molecule is COC(=O)c1ccc(CN(c2ccccc2C(F)(F)F)S(C)(=O)=O)c(F)c1. The maximum atomic E-state index is 14.3. The average Bonchev–Trinajstić information content (AvgIpc) is 2.58. The van der Waals surface area contributed by atoms with Crippen LogP contribution in [0.4, 0.5) is 23.2 Å². The van der Waals surface area contributed by atoms with Gasteiger partial charge in [-0.25, -0.2) is 17.6 Å². The predicted molar refractivity (Wildman–Crippen MR) is 90.2 cm³/mol. The van der Waals surface area contributed by atoms with E-state index in [4.69, 9.17) is 0 Å². The lowest BCUT2D eigenvalue weighted by Gasteiger charge is -2.26. The number of rotatable bonds is 5. The van der Waals surface area contributed by atoms with E-state index in [-0.39, 0.29) is 11.1 Å². The summed E-state index contributed by atoms with van der Waals surface area (Å²) in [7, 11) is -3.07. The standard InChI is InChI=1S/C17H15F4NO4S/c1-26-16(23)11-7-8-12(14(18)9-11)10-22(27(2,24)25)15-6-4-3-5-13(15)17(19,20)21/h3-9H,10H2,1-2H3. The van der Waals surface area contributed by atoms with Crippen LogP contribution < -0.4 is 4.31 Å². The smallest absolute Gasteiger partial charge is 0.418 e. The van der Waals surface area contributed by atoms with Gasteiger partial charge in [0.15, 0.2) is 0 Å². The van der Waals surface area contributed by atoms with Crippen molar-refractivity contribution >= 4 is 21.7 Å². The molecule has 0 radical (unpaired) electrons. The Balaban J connectivity index is 2.52. The topological polar surface area (TPSA) is 63.7 Å². The first-order valence-electron chi connectivity index (χ1n) is 7.46. The highest BCUT2D eigenvalue weighted by Gasteiger charge is 2.36. The van der Waals surface area contributed by atoms with Crippen LogP contribution in [-0.2, 0) is 27.5 Å². The van der Waals surface area contributed by atoms with Gasteiger partial charge >= 0.3 is 12.1 Å². The molecule has 0 unspecified atom stereocenters. The van der Waals surface area contributed by atoms with Gasteiger partial charge in [0.2, 0.25) is 10.0 Å². The van der Waals surface area contributed by atoms with E-state index in [2.05, 4.69) is 4.74 Å². The molecule has 0 aromatic heterocycles. The lowest BCUT2D eigenvalue weighted by atomic mass is 10.1. The molecule has 0 bridgehead atoms. The number of hydrogen-bond donors (Lipinski definition) is 0. The molecule has 0 aliphatic rings. The number of methoxy groups -OCH3 is 1. The molecule has 5 nitrogen and oxygen atoms in total. The van der Waals surface area contributed by atoms with E-state index < -0.39 is 45.8 Å². The molecular weight excluding hydrogens is 390 g/mol. The monoisotopic (exact) mass is 405 g/mol. The molecule has 146 valence electrons. The lowest BCUT2D eigenvalue weighted by molar-refractivity contribution is -0.137. The van der Waals surface area contributed by atoms with Crippen molar-refractivity contribution < 1.29 is 35.5 Å². The number of carbonyl (C=O) groups excluding carboxylic acids is 1. The Kier molecular flexibility index (Phi) is 5.79. The van der Waals surface area contributed by atoms with Gasteiger partial charge in [-0.1, -0.05) is 18.2 Å². The van der Waals surface area contributed by atoms with Gasteiger partial charge in [-0.3, -0.25) is 4.31 Å². The molecule has 0 atom stereocenters. The van der Waals surface area contributed by atoms with Crippen molar-refractivity contribution in [3.05, 3.63) is 65.0 Å².